The summed E-state index contributed by atoms with van der Waals surface area (Å²) in [5, 5.41) is 8.40. The van der Waals surface area contributed by atoms with E-state index >= 15 is 0 Å². The molecule has 0 aromatic rings. The average molecular weight is 256 g/mol. The van der Waals surface area contributed by atoms with Gasteiger partial charge in [0.1, 0.15) is 0 Å². The molecule has 0 heterocycles. The Hall–Kier alpha value is 1.12. The lowest BCUT2D eigenvalue weighted by Crippen LogP contribution is -2.08. The molecule has 0 radical (unpaired) electrons. The van der Waals surface area contributed by atoms with E-state index < -0.39 is 6.10 Å². The molecule has 0 aromatic heterocycles. The summed E-state index contributed by atoms with van der Waals surface area (Å²) in [5.41, 5.74) is 0. The van der Waals surface area contributed by atoms with E-state index in [0.717, 1.165) is 24.6 Å². The van der Waals surface area contributed by atoms with Crippen molar-refractivity contribution in [2.45, 2.75) is 18.9 Å². The highest BCUT2D eigenvalue weighted by atomic mass is 35.5. The average Bonchev–Trinajstić information content (AvgIpc) is 2.14. The molecule has 0 saturated carbocycles. The fraction of sp³-hybridized carbons (Fsp3) is 1.00. The van der Waals surface area contributed by atoms with Crippen molar-refractivity contribution in [2.75, 3.05) is 23.5 Å². The van der Waals surface area contributed by atoms with E-state index in [4.69, 9.17) is 51.5 Å². The first-order valence-corrected chi connectivity index (χ1v) is 5.78. The van der Waals surface area contributed by atoms with E-state index in [0.29, 0.717) is 0 Å². The van der Waals surface area contributed by atoms with Crippen LogP contribution in [0.3, 0.4) is 0 Å². The van der Waals surface area contributed by atoms with Crippen molar-refractivity contribution >= 4 is 46.4 Å². The van der Waals surface area contributed by atoms with Crippen LogP contribution in [0.4, 0.5) is 0 Å². The van der Waals surface area contributed by atoms with Gasteiger partial charge in [0.2, 0.25) is 0 Å². The lowest BCUT2D eigenvalue weighted by molar-refractivity contribution is 0.222. The van der Waals surface area contributed by atoms with Gasteiger partial charge in [-0.3, -0.25) is 0 Å². The summed E-state index contributed by atoms with van der Waals surface area (Å²) in [6, 6.07) is 0. The van der Waals surface area contributed by atoms with Crippen molar-refractivity contribution in [3.8, 4) is 0 Å². The van der Waals surface area contributed by atoms with Crippen LogP contribution >= 0.6 is 46.4 Å². The first-order chi connectivity index (χ1) is 5.72. The molecule has 12 heavy (non-hydrogen) atoms. The Morgan fingerprint density at radius 1 is 0.833 bits per heavy atom. The Bertz CT molecular complexity index is 64.4. The lowest BCUT2D eigenvalue weighted by Gasteiger charge is -1.94. The molecule has 0 amide bonds. The molecule has 0 bridgehead atoms. The number of alkyl halides is 4. The highest BCUT2D eigenvalue weighted by Gasteiger charge is 1.94. The largest absolute Gasteiger partial charge is 0.391 e. The van der Waals surface area contributed by atoms with Crippen molar-refractivity contribution in [2.24, 2.45) is 0 Å². The first kappa shape index (κ1) is 15.6. The molecule has 5 heteroatoms. The molecule has 76 valence electrons. The number of aliphatic hydroxyl groups excluding tert-OH is 1. The van der Waals surface area contributed by atoms with Gasteiger partial charge in [-0.2, -0.15) is 0 Å². The monoisotopic (exact) mass is 254 g/mol. The van der Waals surface area contributed by atoms with Gasteiger partial charge in [-0.1, -0.05) is 0 Å². The molecular formula is C7H14Cl4O. The molecule has 0 aliphatic heterocycles. The molecular weight excluding hydrogens is 242 g/mol. The number of rotatable bonds is 5. The summed E-state index contributed by atoms with van der Waals surface area (Å²) in [6.45, 7) is 0. The summed E-state index contributed by atoms with van der Waals surface area (Å²) in [5.74, 6) is 1.94. The Labute approximate surface area is 93.9 Å². The number of hydrogen-bond donors (Lipinski definition) is 1. The van der Waals surface area contributed by atoms with Crippen molar-refractivity contribution in [1.29, 1.82) is 0 Å². The van der Waals surface area contributed by atoms with Crippen LogP contribution < -0.4 is 0 Å². The minimum absolute atomic E-state index is 0.226. The summed E-state index contributed by atoms with van der Waals surface area (Å²) in [7, 11) is 0. The Morgan fingerprint density at radius 2 is 1.17 bits per heavy atom. The second-order valence-corrected chi connectivity index (χ2v) is 3.42. The van der Waals surface area contributed by atoms with Gasteiger partial charge in [0, 0.05) is 23.5 Å². The standard InChI is InChI=1S/C4H8Cl2.C3H6Cl2O/c5-3-1-2-4-6;4-1-3(6)2-5/h1-4H2;3,6H,1-2H2. The van der Waals surface area contributed by atoms with Crippen LogP contribution in [0.1, 0.15) is 12.8 Å². The quantitative estimate of drug-likeness (QED) is 0.592. The number of unbranched alkanes of at least 4 members (excludes halogenated alkanes) is 1. The van der Waals surface area contributed by atoms with E-state index in [9.17, 15) is 0 Å². The third-order valence-corrected chi connectivity index (χ3v) is 2.12. The smallest absolute Gasteiger partial charge is 0.0810 e. The van der Waals surface area contributed by atoms with Crippen LogP contribution in [0.15, 0.2) is 0 Å². The van der Waals surface area contributed by atoms with Gasteiger partial charge in [0.15, 0.2) is 0 Å². The fourth-order valence-corrected chi connectivity index (χ4v) is 0.938. The highest BCUT2D eigenvalue weighted by Crippen LogP contribution is 1.92. The van der Waals surface area contributed by atoms with Gasteiger partial charge >= 0.3 is 0 Å². The Morgan fingerprint density at radius 3 is 1.25 bits per heavy atom. The Balaban J connectivity index is 0. The van der Waals surface area contributed by atoms with Crippen molar-refractivity contribution in [3.05, 3.63) is 0 Å². The minimum Gasteiger partial charge on any atom is -0.391 e. The third kappa shape index (κ3) is 17.3. The van der Waals surface area contributed by atoms with Gasteiger partial charge in [-0.25, -0.2) is 0 Å². The van der Waals surface area contributed by atoms with Gasteiger partial charge in [-0.05, 0) is 12.8 Å². The maximum absolute atomic E-state index is 8.40. The van der Waals surface area contributed by atoms with Crippen molar-refractivity contribution < 1.29 is 5.11 Å². The maximum Gasteiger partial charge on any atom is 0.0810 e. The van der Waals surface area contributed by atoms with E-state index in [1.165, 1.54) is 0 Å². The fourth-order valence-electron chi connectivity index (χ4n) is 0.230. The van der Waals surface area contributed by atoms with Crippen LogP contribution in [0.25, 0.3) is 0 Å². The predicted molar refractivity (Wildman–Crippen MR) is 58.1 cm³/mol. The second kappa shape index (κ2) is 14.6. The second-order valence-electron chi connectivity index (χ2n) is 2.05. The van der Waals surface area contributed by atoms with Crippen LogP contribution in [-0.2, 0) is 0 Å². The molecule has 1 N–H and O–H groups in total. The molecule has 0 aliphatic rings. The predicted octanol–water partition coefficient (Wildman–Crippen LogP) is 3.07. The number of hydrogen-bond acceptors (Lipinski definition) is 1. The van der Waals surface area contributed by atoms with Crippen LogP contribution in [0.5, 0.6) is 0 Å². The summed E-state index contributed by atoms with van der Waals surface area (Å²) < 4.78 is 0. The van der Waals surface area contributed by atoms with Gasteiger partial charge in [0.25, 0.3) is 0 Å². The van der Waals surface area contributed by atoms with E-state index in [-0.39, 0.29) is 11.8 Å². The summed E-state index contributed by atoms with van der Waals surface area (Å²) in [4.78, 5) is 0. The Kier molecular flexibility index (Phi) is 19.0. The van der Waals surface area contributed by atoms with Crippen molar-refractivity contribution in [1.82, 2.24) is 0 Å². The topological polar surface area (TPSA) is 20.2 Å². The first-order valence-electron chi connectivity index (χ1n) is 3.64. The minimum atomic E-state index is -0.534. The van der Waals surface area contributed by atoms with E-state index in [1.807, 2.05) is 0 Å². The van der Waals surface area contributed by atoms with Crippen LogP contribution in [-0.4, -0.2) is 34.7 Å². The molecule has 0 spiro atoms. The maximum atomic E-state index is 8.40. The molecule has 0 aromatic carbocycles. The third-order valence-electron chi connectivity index (χ3n) is 0.873. The molecule has 0 aliphatic carbocycles. The highest BCUT2D eigenvalue weighted by molar-refractivity contribution is 6.21. The zero-order chi connectivity index (χ0) is 9.82. The zero-order valence-electron chi connectivity index (χ0n) is 6.78. The van der Waals surface area contributed by atoms with Crippen LogP contribution in [0, 0.1) is 0 Å². The van der Waals surface area contributed by atoms with Crippen LogP contribution in [0.2, 0.25) is 0 Å². The number of halogens is 4. The molecule has 0 unspecified atom stereocenters. The molecule has 0 fully saturated rings. The van der Waals surface area contributed by atoms with Crippen molar-refractivity contribution in [3.63, 3.8) is 0 Å². The van der Waals surface area contributed by atoms with Gasteiger partial charge in [-0.15, -0.1) is 46.4 Å². The molecule has 1 nitrogen and oxygen atoms in total. The van der Waals surface area contributed by atoms with E-state index in [2.05, 4.69) is 0 Å². The zero-order valence-corrected chi connectivity index (χ0v) is 9.80. The van der Waals surface area contributed by atoms with Gasteiger partial charge < -0.3 is 5.11 Å². The molecule has 0 saturated heterocycles. The molecule has 0 rings (SSSR count). The van der Waals surface area contributed by atoms with Gasteiger partial charge in [0.05, 0.1) is 6.10 Å². The summed E-state index contributed by atoms with van der Waals surface area (Å²) in [6.07, 6.45) is 1.56. The summed E-state index contributed by atoms with van der Waals surface area (Å²) >= 11 is 20.9. The normalized spacial score (nSPS) is 9.50. The molecule has 0 atom stereocenters. The SMILES string of the molecule is ClCCCCCl.OC(CCl)CCl. The number of aliphatic hydroxyl groups is 1. The lowest BCUT2D eigenvalue weighted by atomic mass is 10.4. The van der Waals surface area contributed by atoms with E-state index in [1.54, 1.807) is 0 Å².